The minimum atomic E-state index is -0.0151. The number of aryl methyl sites for hydroxylation is 1. The molecular weight excluding hydrogens is 386 g/mol. The van der Waals surface area contributed by atoms with Crippen LogP contribution in [0.2, 0.25) is 0 Å². The number of fused-ring (bicyclic) bond motifs is 6. The van der Waals surface area contributed by atoms with E-state index in [4.69, 9.17) is 0 Å². The molecule has 0 fully saturated rings. The number of nitrogens with zero attached hydrogens (tertiary/aromatic N) is 1. The lowest BCUT2D eigenvalue weighted by molar-refractivity contribution is 0.645. The summed E-state index contributed by atoms with van der Waals surface area (Å²) in [6.45, 7) is 4.75. The van der Waals surface area contributed by atoms with Crippen LogP contribution in [-0.4, -0.2) is 4.57 Å². The largest absolute Gasteiger partial charge is 0.310 e. The van der Waals surface area contributed by atoms with E-state index in [1.807, 2.05) is 0 Å². The first-order chi connectivity index (χ1) is 15.7. The summed E-state index contributed by atoms with van der Waals surface area (Å²) in [4.78, 5) is 0. The Morgan fingerprint density at radius 1 is 0.781 bits per heavy atom. The maximum atomic E-state index is 2.48. The molecule has 1 heterocycles. The SMILES string of the molecule is CC1(C)c2ccccc2-c2c3c1cccc3cc1c2c2c(n1-c1ccccc1)C=CCC2. The summed E-state index contributed by atoms with van der Waals surface area (Å²) < 4.78 is 2.48. The molecule has 1 aromatic heterocycles. The fraction of sp³-hybridized carbons (Fsp3) is 0.161. The van der Waals surface area contributed by atoms with Gasteiger partial charge >= 0.3 is 0 Å². The van der Waals surface area contributed by atoms with Crippen molar-refractivity contribution < 1.29 is 0 Å². The number of para-hydroxylation sites is 1. The van der Waals surface area contributed by atoms with E-state index in [9.17, 15) is 0 Å². The van der Waals surface area contributed by atoms with Gasteiger partial charge in [-0.05, 0) is 75.7 Å². The Kier molecular flexibility index (Phi) is 3.51. The summed E-state index contributed by atoms with van der Waals surface area (Å²) in [5.74, 6) is 0. The highest BCUT2D eigenvalue weighted by Gasteiger charge is 2.35. The number of aromatic nitrogens is 1. The summed E-state index contributed by atoms with van der Waals surface area (Å²) in [5.41, 5.74) is 11.1. The molecule has 1 heteroatoms. The van der Waals surface area contributed by atoms with Crippen molar-refractivity contribution >= 4 is 27.8 Å². The first-order valence-electron chi connectivity index (χ1n) is 11.6. The smallest absolute Gasteiger partial charge is 0.0550 e. The highest BCUT2D eigenvalue weighted by molar-refractivity contribution is 6.17. The van der Waals surface area contributed by atoms with Gasteiger partial charge in [0, 0.05) is 22.2 Å². The third-order valence-corrected chi connectivity index (χ3v) is 7.63. The van der Waals surface area contributed by atoms with Gasteiger partial charge in [0.05, 0.1) is 5.52 Å². The Hall–Kier alpha value is -3.58. The number of allylic oxidation sites excluding steroid dienone is 1. The van der Waals surface area contributed by atoms with Gasteiger partial charge < -0.3 is 4.57 Å². The van der Waals surface area contributed by atoms with Crippen LogP contribution in [0.25, 0.3) is 44.6 Å². The molecule has 7 rings (SSSR count). The zero-order chi connectivity index (χ0) is 21.4. The fourth-order valence-corrected chi connectivity index (χ4v) is 6.20. The zero-order valence-corrected chi connectivity index (χ0v) is 18.5. The van der Waals surface area contributed by atoms with E-state index < -0.39 is 0 Å². The molecule has 0 saturated carbocycles. The van der Waals surface area contributed by atoms with Crippen LogP contribution in [0.5, 0.6) is 0 Å². The number of hydrogen-bond donors (Lipinski definition) is 0. The molecule has 0 atom stereocenters. The summed E-state index contributed by atoms with van der Waals surface area (Å²) in [6, 6.07) is 29.2. The van der Waals surface area contributed by atoms with E-state index in [1.165, 1.54) is 60.9 Å². The van der Waals surface area contributed by atoms with Gasteiger partial charge in [0.1, 0.15) is 0 Å². The van der Waals surface area contributed by atoms with Crippen molar-refractivity contribution in [1.29, 1.82) is 0 Å². The molecule has 154 valence electrons. The summed E-state index contributed by atoms with van der Waals surface area (Å²) in [7, 11) is 0. The molecule has 32 heavy (non-hydrogen) atoms. The molecule has 1 nitrogen and oxygen atoms in total. The average Bonchev–Trinajstić information content (AvgIpc) is 3.16. The number of benzene rings is 4. The average molecular weight is 412 g/mol. The second kappa shape index (κ2) is 6.23. The summed E-state index contributed by atoms with van der Waals surface area (Å²) in [5, 5.41) is 4.21. The van der Waals surface area contributed by atoms with Crippen molar-refractivity contribution in [3.05, 3.63) is 107 Å². The molecule has 5 aromatic rings. The maximum Gasteiger partial charge on any atom is 0.0550 e. The third kappa shape index (κ3) is 2.18. The van der Waals surface area contributed by atoms with Crippen LogP contribution in [0.15, 0.2) is 84.9 Å². The monoisotopic (exact) mass is 411 g/mol. The Morgan fingerprint density at radius 3 is 2.44 bits per heavy atom. The standard InChI is InChI=1S/C31H25N/c1-31(2)24-16-8-6-14-22(24)30-28-20(11-10-17-25(28)31)19-27-29(30)23-15-7-9-18-26(23)32(27)21-12-4-3-5-13-21/h3-6,8-14,16-19H,7,15H2,1-2H3. The fourth-order valence-electron chi connectivity index (χ4n) is 6.20. The lowest BCUT2D eigenvalue weighted by atomic mass is 9.68. The van der Waals surface area contributed by atoms with Gasteiger partial charge in [-0.1, -0.05) is 80.6 Å². The Balaban J connectivity index is 1.76. The van der Waals surface area contributed by atoms with Gasteiger partial charge in [-0.15, -0.1) is 0 Å². The molecular formula is C31H25N. The van der Waals surface area contributed by atoms with Crippen LogP contribution in [-0.2, 0) is 11.8 Å². The second-order valence-corrected chi connectivity index (χ2v) is 9.70. The molecule has 0 spiro atoms. The molecule has 0 N–H and O–H groups in total. The molecule has 0 aliphatic heterocycles. The Labute approximate surface area is 188 Å². The van der Waals surface area contributed by atoms with Gasteiger partial charge in [-0.2, -0.15) is 0 Å². The Morgan fingerprint density at radius 2 is 1.56 bits per heavy atom. The number of rotatable bonds is 1. The van der Waals surface area contributed by atoms with Gasteiger partial charge in [0.15, 0.2) is 0 Å². The number of hydrogen-bond acceptors (Lipinski definition) is 0. The molecule has 2 aliphatic carbocycles. The van der Waals surface area contributed by atoms with E-state index in [0.717, 1.165) is 12.8 Å². The van der Waals surface area contributed by atoms with Crippen LogP contribution in [0, 0.1) is 0 Å². The van der Waals surface area contributed by atoms with E-state index in [2.05, 4.69) is 109 Å². The van der Waals surface area contributed by atoms with Gasteiger partial charge in [0.25, 0.3) is 0 Å². The minimum absolute atomic E-state index is 0.0151. The van der Waals surface area contributed by atoms with E-state index >= 15 is 0 Å². The summed E-state index contributed by atoms with van der Waals surface area (Å²) >= 11 is 0. The highest BCUT2D eigenvalue weighted by Crippen LogP contribution is 2.52. The maximum absolute atomic E-state index is 2.48. The zero-order valence-electron chi connectivity index (χ0n) is 18.5. The van der Waals surface area contributed by atoms with Gasteiger partial charge in [-0.3, -0.25) is 0 Å². The van der Waals surface area contributed by atoms with E-state index in [-0.39, 0.29) is 5.41 Å². The summed E-state index contributed by atoms with van der Waals surface area (Å²) in [6.07, 6.45) is 6.86. The van der Waals surface area contributed by atoms with Crippen molar-refractivity contribution in [3.8, 4) is 16.8 Å². The minimum Gasteiger partial charge on any atom is -0.310 e. The van der Waals surface area contributed by atoms with Crippen molar-refractivity contribution in [2.45, 2.75) is 32.1 Å². The first-order valence-corrected chi connectivity index (χ1v) is 11.6. The van der Waals surface area contributed by atoms with Crippen molar-refractivity contribution in [3.63, 3.8) is 0 Å². The van der Waals surface area contributed by atoms with Gasteiger partial charge in [0.2, 0.25) is 0 Å². The third-order valence-electron chi connectivity index (χ3n) is 7.63. The quantitative estimate of drug-likeness (QED) is 0.263. The molecule has 0 unspecified atom stereocenters. The van der Waals surface area contributed by atoms with E-state index in [1.54, 1.807) is 0 Å². The predicted octanol–water partition coefficient (Wildman–Crippen LogP) is 8.05. The first kappa shape index (κ1) is 18.0. The second-order valence-electron chi connectivity index (χ2n) is 9.70. The van der Waals surface area contributed by atoms with Crippen LogP contribution < -0.4 is 0 Å². The van der Waals surface area contributed by atoms with Crippen molar-refractivity contribution in [1.82, 2.24) is 4.57 Å². The highest BCUT2D eigenvalue weighted by atomic mass is 15.0. The Bertz CT molecular complexity index is 1580. The predicted molar refractivity (Wildman–Crippen MR) is 136 cm³/mol. The van der Waals surface area contributed by atoms with Crippen LogP contribution in [0.4, 0.5) is 0 Å². The van der Waals surface area contributed by atoms with Crippen molar-refractivity contribution in [2.75, 3.05) is 0 Å². The van der Waals surface area contributed by atoms with Crippen molar-refractivity contribution in [2.24, 2.45) is 0 Å². The van der Waals surface area contributed by atoms with Crippen LogP contribution in [0.3, 0.4) is 0 Å². The molecule has 0 radical (unpaired) electrons. The lowest BCUT2D eigenvalue weighted by Crippen LogP contribution is -2.23. The topological polar surface area (TPSA) is 4.93 Å². The lowest BCUT2D eigenvalue weighted by Gasteiger charge is -2.35. The normalized spacial score (nSPS) is 15.7. The van der Waals surface area contributed by atoms with E-state index in [0.29, 0.717) is 0 Å². The molecule has 0 amide bonds. The van der Waals surface area contributed by atoms with Crippen LogP contribution in [0.1, 0.15) is 42.7 Å². The van der Waals surface area contributed by atoms with Crippen LogP contribution >= 0.6 is 0 Å². The molecule has 4 aromatic carbocycles. The molecule has 2 aliphatic rings. The molecule has 0 bridgehead atoms. The van der Waals surface area contributed by atoms with Gasteiger partial charge in [-0.25, -0.2) is 0 Å². The molecule has 0 saturated heterocycles.